The molecule has 0 unspecified atom stereocenters. The van der Waals surface area contributed by atoms with Crippen LogP contribution in [0.1, 0.15) is 46.5 Å². The van der Waals surface area contributed by atoms with Gasteiger partial charge in [-0.3, -0.25) is 4.79 Å². The third-order valence-electron chi connectivity index (χ3n) is 5.61. The van der Waals surface area contributed by atoms with Crippen LogP contribution in [0.25, 0.3) is 0 Å². The Bertz CT molecular complexity index is 1060. The summed E-state index contributed by atoms with van der Waals surface area (Å²) in [5.74, 6) is -0.130. The van der Waals surface area contributed by atoms with Crippen LogP contribution in [0.5, 0.6) is 23.0 Å². The van der Waals surface area contributed by atoms with E-state index >= 15 is 0 Å². The number of ether oxygens (including phenoxy) is 1. The van der Waals surface area contributed by atoms with E-state index in [1.807, 2.05) is 37.3 Å². The van der Waals surface area contributed by atoms with E-state index in [1.165, 1.54) is 6.07 Å². The number of carbonyl (C=O) groups is 1. The van der Waals surface area contributed by atoms with E-state index in [-0.39, 0.29) is 52.8 Å². The lowest BCUT2D eigenvalue weighted by Gasteiger charge is -2.33. The molecule has 0 spiro atoms. The maximum atomic E-state index is 13.0. The molecule has 0 fully saturated rings. The van der Waals surface area contributed by atoms with Crippen LogP contribution in [-0.4, -0.2) is 21.1 Å². The van der Waals surface area contributed by atoms with E-state index in [9.17, 15) is 20.1 Å². The minimum Gasteiger partial charge on any atom is -0.508 e. The Hall–Kier alpha value is -3.47. The van der Waals surface area contributed by atoms with E-state index in [2.05, 4.69) is 0 Å². The van der Waals surface area contributed by atoms with Gasteiger partial charge in [0.25, 0.3) is 0 Å². The van der Waals surface area contributed by atoms with Crippen molar-refractivity contribution in [3.05, 3.63) is 82.9 Å². The summed E-state index contributed by atoms with van der Waals surface area (Å²) in [6.07, 6.45) is 0.913. The molecule has 0 aromatic heterocycles. The number of benzene rings is 3. The number of hydrogen-bond donors (Lipinski definition) is 3. The van der Waals surface area contributed by atoms with Crippen LogP contribution < -0.4 is 4.74 Å². The third kappa shape index (κ3) is 3.83. The fraction of sp³-hybridized carbons (Fsp3) is 0.240. The van der Waals surface area contributed by atoms with Crippen LogP contribution >= 0.6 is 0 Å². The molecule has 30 heavy (non-hydrogen) atoms. The molecular formula is C25H24O5. The summed E-state index contributed by atoms with van der Waals surface area (Å²) in [4.78, 5) is 13.0. The highest BCUT2D eigenvalue weighted by molar-refractivity contribution is 6.02. The SMILES string of the molecule is C[C@H]1Cc2c(O)cc(O)c(C(=O)CCc3ccccc3)c2O[C@H]1c1ccc(O)cc1. The van der Waals surface area contributed by atoms with Gasteiger partial charge in [-0.15, -0.1) is 0 Å². The number of phenolic OH excluding ortho intramolecular Hbond substituents is 3. The number of aryl methyl sites for hydroxylation is 1. The number of fused-ring (bicyclic) bond motifs is 1. The number of rotatable bonds is 5. The summed E-state index contributed by atoms with van der Waals surface area (Å²) in [5.41, 5.74) is 2.55. The van der Waals surface area contributed by atoms with Crippen molar-refractivity contribution in [2.45, 2.75) is 32.3 Å². The largest absolute Gasteiger partial charge is 0.508 e. The van der Waals surface area contributed by atoms with Crippen molar-refractivity contribution in [3.8, 4) is 23.0 Å². The van der Waals surface area contributed by atoms with Crippen LogP contribution in [0, 0.1) is 5.92 Å². The Balaban J connectivity index is 1.67. The molecule has 0 saturated carbocycles. The van der Waals surface area contributed by atoms with Gasteiger partial charge in [0, 0.05) is 24.0 Å². The zero-order valence-electron chi connectivity index (χ0n) is 16.7. The number of aromatic hydroxyl groups is 3. The first-order valence-electron chi connectivity index (χ1n) is 10.0. The quantitative estimate of drug-likeness (QED) is 0.525. The lowest BCUT2D eigenvalue weighted by atomic mass is 9.86. The summed E-state index contributed by atoms with van der Waals surface area (Å²) in [6, 6.07) is 17.6. The van der Waals surface area contributed by atoms with Crippen molar-refractivity contribution in [2.24, 2.45) is 5.92 Å². The Labute approximate surface area is 175 Å². The number of hydrogen-bond acceptors (Lipinski definition) is 5. The molecule has 154 valence electrons. The number of carbonyl (C=O) groups excluding carboxylic acids is 1. The van der Waals surface area contributed by atoms with Crippen molar-refractivity contribution in [1.82, 2.24) is 0 Å². The zero-order valence-corrected chi connectivity index (χ0v) is 16.7. The van der Waals surface area contributed by atoms with E-state index in [4.69, 9.17) is 4.74 Å². The van der Waals surface area contributed by atoms with Crippen molar-refractivity contribution in [1.29, 1.82) is 0 Å². The van der Waals surface area contributed by atoms with E-state index in [0.29, 0.717) is 18.4 Å². The van der Waals surface area contributed by atoms with E-state index in [1.54, 1.807) is 24.3 Å². The zero-order chi connectivity index (χ0) is 21.3. The van der Waals surface area contributed by atoms with Gasteiger partial charge in [0.05, 0.1) is 0 Å². The van der Waals surface area contributed by atoms with Crippen molar-refractivity contribution >= 4 is 5.78 Å². The maximum absolute atomic E-state index is 13.0. The Kier molecular flexibility index (Phi) is 5.36. The number of Topliss-reactive ketones (excluding diaryl/α,β-unsaturated/α-hetero) is 1. The molecule has 3 aromatic carbocycles. The smallest absolute Gasteiger partial charge is 0.170 e. The number of ketones is 1. The van der Waals surface area contributed by atoms with Crippen LogP contribution in [-0.2, 0) is 12.8 Å². The summed E-state index contributed by atoms with van der Waals surface area (Å²) in [7, 11) is 0. The van der Waals surface area contributed by atoms with Gasteiger partial charge in [-0.25, -0.2) is 0 Å². The summed E-state index contributed by atoms with van der Waals surface area (Å²) in [5, 5.41) is 30.4. The van der Waals surface area contributed by atoms with Gasteiger partial charge in [-0.1, -0.05) is 49.4 Å². The highest BCUT2D eigenvalue weighted by Gasteiger charge is 2.34. The van der Waals surface area contributed by atoms with Gasteiger partial charge in [0.1, 0.15) is 34.7 Å². The van der Waals surface area contributed by atoms with Crippen molar-refractivity contribution < 1.29 is 24.9 Å². The minimum absolute atomic E-state index is 0.0322. The van der Waals surface area contributed by atoms with Crippen molar-refractivity contribution in [2.75, 3.05) is 0 Å². The molecule has 2 atom stereocenters. The molecule has 0 amide bonds. The molecule has 3 N–H and O–H groups in total. The molecule has 5 heteroatoms. The van der Waals surface area contributed by atoms with Gasteiger partial charge < -0.3 is 20.1 Å². The molecule has 1 aliphatic heterocycles. The Morgan fingerprint density at radius 1 is 1.00 bits per heavy atom. The second kappa shape index (κ2) is 8.11. The Morgan fingerprint density at radius 2 is 1.70 bits per heavy atom. The van der Waals surface area contributed by atoms with Crippen LogP contribution in [0.4, 0.5) is 0 Å². The minimum atomic E-state index is -0.361. The van der Waals surface area contributed by atoms with E-state index in [0.717, 1.165) is 11.1 Å². The monoisotopic (exact) mass is 404 g/mol. The topological polar surface area (TPSA) is 87.0 Å². The summed E-state index contributed by atoms with van der Waals surface area (Å²) < 4.78 is 6.21. The first-order chi connectivity index (χ1) is 14.4. The normalized spacial score (nSPS) is 17.8. The molecule has 3 aromatic rings. The third-order valence-corrected chi connectivity index (χ3v) is 5.61. The second-order valence-electron chi connectivity index (χ2n) is 7.82. The van der Waals surface area contributed by atoms with Gasteiger partial charge >= 0.3 is 0 Å². The molecule has 4 rings (SSSR count). The molecule has 5 nitrogen and oxygen atoms in total. The predicted molar refractivity (Wildman–Crippen MR) is 113 cm³/mol. The molecule has 0 saturated heterocycles. The summed E-state index contributed by atoms with van der Waals surface area (Å²) >= 11 is 0. The van der Waals surface area contributed by atoms with E-state index < -0.39 is 0 Å². The molecule has 0 radical (unpaired) electrons. The van der Waals surface area contributed by atoms with Gasteiger partial charge in [-0.2, -0.15) is 0 Å². The predicted octanol–water partition coefficient (Wildman–Crippen LogP) is 4.93. The van der Waals surface area contributed by atoms with Crippen LogP contribution in [0.15, 0.2) is 60.7 Å². The lowest BCUT2D eigenvalue weighted by molar-refractivity contribution is 0.0945. The standard InChI is InChI=1S/C25H24O5/c1-15-13-19-21(28)14-22(29)23(20(27)12-7-16-5-3-2-4-6-16)25(19)30-24(15)17-8-10-18(26)11-9-17/h2-6,8-11,14-15,24,26,28-29H,7,12-13H2,1H3/t15-,24+/m0/s1. The number of phenols is 3. The average Bonchev–Trinajstić information content (AvgIpc) is 2.74. The average molecular weight is 404 g/mol. The second-order valence-corrected chi connectivity index (χ2v) is 7.82. The Morgan fingerprint density at radius 3 is 2.40 bits per heavy atom. The highest BCUT2D eigenvalue weighted by atomic mass is 16.5. The molecule has 0 aliphatic carbocycles. The molecule has 0 bridgehead atoms. The van der Waals surface area contributed by atoms with Crippen LogP contribution in [0.2, 0.25) is 0 Å². The van der Waals surface area contributed by atoms with Gasteiger partial charge in [-0.05, 0) is 36.1 Å². The van der Waals surface area contributed by atoms with Crippen LogP contribution in [0.3, 0.4) is 0 Å². The maximum Gasteiger partial charge on any atom is 0.170 e. The van der Waals surface area contributed by atoms with Gasteiger partial charge in [0.2, 0.25) is 0 Å². The van der Waals surface area contributed by atoms with Crippen molar-refractivity contribution in [3.63, 3.8) is 0 Å². The van der Waals surface area contributed by atoms with Gasteiger partial charge in [0.15, 0.2) is 5.78 Å². The molecule has 1 heterocycles. The first kappa shape index (κ1) is 19.8. The fourth-order valence-corrected chi connectivity index (χ4v) is 4.03. The summed E-state index contributed by atoms with van der Waals surface area (Å²) in [6.45, 7) is 2.00. The highest BCUT2D eigenvalue weighted by Crippen LogP contribution is 2.47. The molecule has 1 aliphatic rings. The lowest BCUT2D eigenvalue weighted by Crippen LogP contribution is -2.25. The first-order valence-corrected chi connectivity index (χ1v) is 10.0. The molecular weight excluding hydrogens is 380 g/mol. The fourth-order valence-electron chi connectivity index (χ4n) is 4.03.